The van der Waals surface area contributed by atoms with Crippen molar-refractivity contribution in [3.63, 3.8) is 0 Å². The van der Waals surface area contributed by atoms with Gasteiger partial charge in [-0.3, -0.25) is 53.2 Å². The van der Waals surface area contributed by atoms with Gasteiger partial charge in [-0.1, -0.05) is 123 Å². The number of thioether (sulfide) groups is 9. The Bertz CT molecular complexity index is 5870. The lowest BCUT2D eigenvalue weighted by atomic mass is 9.83. The molecule has 3 saturated heterocycles. The monoisotopic (exact) mass is 2160 g/mol. The van der Waals surface area contributed by atoms with E-state index >= 15 is 0 Å². The maximum Gasteiger partial charge on any atom is 0.345 e. The van der Waals surface area contributed by atoms with Crippen molar-refractivity contribution < 1.29 is 181 Å². The molecular formula is C89H88N10O36S9+2. The third kappa shape index (κ3) is 17.8. The highest BCUT2D eigenvalue weighted by atomic mass is 32.2. The minimum Gasteiger partial charge on any atom is -0.495 e. The van der Waals surface area contributed by atoms with Crippen LogP contribution in [0.5, 0.6) is 5.75 Å². The number of methoxy groups -OCH3 is 13. The first-order valence-corrected chi connectivity index (χ1v) is 49.4. The Morgan fingerprint density at radius 1 is 0.347 bits per heavy atom. The van der Waals surface area contributed by atoms with E-state index in [1.54, 1.807) is 71.9 Å². The van der Waals surface area contributed by atoms with E-state index < -0.39 is 173 Å². The highest BCUT2D eigenvalue weighted by Crippen LogP contribution is 2.75. The highest BCUT2D eigenvalue weighted by Gasteiger charge is 2.69. The van der Waals surface area contributed by atoms with E-state index in [0.29, 0.717) is 37.0 Å². The lowest BCUT2D eigenvalue weighted by molar-refractivity contribution is -0.877. The maximum atomic E-state index is 14.3. The molecule has 15 rings (SSSR count). The van der Waals surface area contributed by atoms with Crippen LogP contribution in [0.15, 0.2) is 125 Å². The minimum atomic E-state index is -1.83. The van der Waals surface area contributed by atoms with Gasteiger partial charge in [0.2, 0.25) is 29.5 Å². The Hall–Kier alpha value is -13.1. The Balaban J connectivity index is 0.000000181. The Labute approximate surface area is 856 Å². The van der Waals surface area contributed by atoms with Gasteiger partial charge in [0, 0.05) is 62.7 Å². The number of ether oxygens (including phenoxy) is 13. The second-order valence-corrected chi connectivity index (χ2v) is 43.6. The first kappa shape index (κ1) is 108. The molecule has 46 nitrogen and oxygen atoms in total. The van der Waals surface area contributed by atoms with E-state index in [1.807, 2.05) is 0 Å². The van der Waals surface area contributed by atoms with Crippen LogP contribution in [-0.4, -0.2) is 306 Å². The van der Waals surface area contributed by atoms with Crippen LogP contribution in [0.4, 0.5) is 22.1 Å². The van der Waals surface area contributed by atoms with E-state index in [9.17, 15) is 101 Å². The number of carbonyl (C=O) groups excluding carboxylic acids is 21. The lowest BCUT2D eigenvalue weighted by Gasteiger charge is -2.51. The molecular weight excluding hydrogens is 2070 g/mol. The molecule has 10 amide bonds. The molecule has 1 N–H and O–H groups in total. The molecule has 12 aliphatic heterocycles. The van der Waals surface area contributed by atoms with Crippen LogP contribution in [0.2, 0.25) is 0 Å². The van der Waals surface area contributed by atoms with Crippen LogP contribution >= 0.6 is 106 Å². The fraction of sp³-hybridized carbons (Fsp3) is 0.393. The predicted molar refractivity (Wildman–Crippen MR) is 514 cm³/mol. The molecule has 0 saturated carbocycles. The van der Waals surface area contributed by atoms with Crippen LogP contribution in [0.25, 0.3) is 16.7 Å². The zero-order chi connectivity index (χ0) is 106. The molecule has 0 aliphatic carbocycles. The van der Waals surface area contributed by atoms with Gasteiger partial charge in [0.1, 0.15) is 119 Å². The summed E-state index contributed by atoms with van der Waals surface area (Å²) < 4.78 is 63.6. The van der Waals surface area contributed by atoms with Crippen molar-refractivity contribution in [1.29, 1.82) is 0 Å². The number of amides is 10. The molecule has 0 bridgehead atoms. The molecule has 144 heavy (non-hydrogen) atoms. The van der Waals surface area contributed by atoms with Crippen molar-refractivity contribution in [1.82, 2.24) is 25.0 Å². The van der Waals surface area contributed by atoms with Gasteiger partial charge in [0.05, 0.1) is 138 Å². The molecule has 762 valence electrons. The zero-order valence-electron chi connectivity index (χ0n) is 80.2. The zero-order valence-corrected chi connectivity index (χ0v) is 87.5. The average Bonchev–Trinajstić information content (AvgIpc) is 1.48. The van der Waals surface area contributed by atoms with E-state index in [0.717, 1.165) is 206 Å². The smallest absolute Gasteiger partial charge is 0.345 e. The quantitative estimate of drug-likeness (QED) is 0.0521. The number of imide groups is 3. The summed E-state index contributed by atoms with van der Waals surface area (Å²) >= 11 is 7.16. The summed E-state index contributed by atoms with van der Waals surface area (Å²) in [5, 5.41) is 2.39. The second-order valence-electron chi connectivity index (χ2n) is 32.4. The van der Waals surface area contributed by atoms with Crippen LogP contribution in [0.3, 0.4) is 0 Å². The van der Waals surface area contributed by atoms with Crippen LogP contribution in [-0.2, 0) is 153 Å². The number of aromatic nitrogens is 3. The van der Waals surface area contributed by atoms with Crippen molar-refractivity contribution in [3.8, 4) is 5.75 Å². The normalized spacial score (nSPS) is 19.3. The number of nitrogens with one attached hydrogen (secondary N) is 1. The summed E-state index contributed by atoms with van der Waals surface area (Å²) in [5.41, 5.74) is -2.99. The Kier molecular flexibility index (Phi) is 31.5. The number of hydrogen-bond donors (Lipinski definition) is 1. The second kappa shape index (κ2) is 41.9. The number of hydrogen-bond acceptors (Lipinski definition) is 46. The van der Waals surface area contributed by atoms with Gasteiger partial charge in [-0.2, -0.15) is 4.90 Å². The molecule has 0 atom stereocenters. The molecule has 3 aromatic rings. The summed E-state index contributed by atoms with van der Waals surface area (Å²) in [6.45, 7) is 7.91. The van der Waals surface area contributed by atoms with Gasteiger partial charge in [0.15, 0.2) is 0 Å². The molecule has 3 fully saturated rings. The number of esters is 12. The first-order valence-electron chi connectivity index (χ1n) is 42.1. The maximum absolute atomic E-state index is 14.3. The van der Waals surface area contributed by atoms with Gasteiger partial charge in [-0.15, -0.1) is 4.98 Å². The fourth-order valence-electron chi connectivity index (χ4n) is 17.3. The SMILES string of the molecule is COC(=O)C1=C(C(=O)OC)SC2(S1)C(C(=O)OC)=C(C(=O)OC)SC1=C2c2ccc[n+](OC)c2N(C(=O)CN2C(=O)CCC2=O)C1(C)C.COC(=O)C1=C(C(=O)OC)SC2(S1)C(C(=O)OC)=C(C(=O)OC)SC1=C2c2cccc(OC)c2N(C(=O)CN2C(=O)CNC2=O)C1(C)C.COC(=O)C1=C(C(=O)OC)SC2(S1)C(C(=O)OC)=C(C(=O)OC)SC1=C2c2cnc[n+](OC)c2N(C(=O)CN2C(=O)CCC2=O)C1(C)C. The van der Waals surface area contributed by atoms with E-state index in [4.69, 9.17) is 71.3 Å². The van der Waals surface area contributed by atoms with Crippen molar-refractivity contribution in [2.45, 2.75) is 96.1 Å². The number of benzene rings is 1. The number of para-hydroxylation sites is 1. The third-order valence-corrected chi connectivity index (χ3v) is 37.6. The fourth-order valence-corrected chi connectivity index (χ4v) is 32.4. The number of anilines is 3. The molecule has 0 radical (unpaired) electrons. The minimum absolute atomic E-state index is 0.0199. The van der Waals surface area contributed by atoms with Crippen molar-refractivity contribution >= 4 is 265 Å². The van der Waals surface area contributed by atoms with Crippen molar-refractivity contribution in [3.05, 3.63) is 141 Å². The molecule has 1 aromatic carbocycles. The number of urea groups is 1. The van der Waals surface area contributed by atoms with E-state index in [-0.39, 0.29) is 127 Å². The number of likely N-dealkylation sites (tertiary alicyclic amines) is 2. The van der Waals surface area contributed by atoms with Crippen molar-refractivity contribution in [2.75, 3.05) is 148 Å². The predicted octanol–water partition coefficient (Wildman–Crippen LogP) is 3.76. The van der Waals surface area contributed by atoms with Gasteiger partial charge < -0.3 is 76.6 Å². The number of fused-ring (bicyclic) bond motifs is 9. The Morgan fingerprint density at radius 3 is 0.951 bits per heavy atom. The molecule has 3 spiro atoms. The summed E-state index contributed by atoms with van der Waals surface area (Å²) in [4.78, 5) is 300. The number of carbonyl (C=O) groups is 21. The van der Waals surface area contributed by atoms with Gasteiger partial charge in [0.25, 0.3) is 18.1 Å². The molecule has 55 heteroatoms. The van der Waals surface area contributed by atoms with E-state index in [2.05, 4.69) is 10.3 Å². The molecule has 0 unspecified atom stereocenters. The van der Waals surface area contributed by atoms with Gasteiger partial charge in [-0.25, -0.2) is 72.0 Å². The van der Waals surface area contributed by atoms with Gasteiger partial charge >= 0.3 is 95.3 Å². The van der Waals surface area contributed by atoms with Gasteiger partial charge in [-0.05, 0) is 64.5 Å². The lowest BCUT2D eigenvalue weighted by Crippen LogP contribution is -2.61. The number of rotatable bonds is 21. The number of pyridine rings is 1. The molecule has 12 aliphatic rings. The van der Waals surface area contributed by atoms with Crippen LogP contribution < -0.4 is 43.9 Å². The van der Waals surface area contributed by atoms with Crippen LogP contribution in [0.1, 0.15) is 83.9 Å². The molecule has 2 aromatic heterocycles. The summed E-state index contributed by atoms with van der Waals surface area (Å²) in [5.74, 6) is -15.3. The summed E-state index contributed by atoms with van der Waals surface area (Å²) in [6.07, 6.45) is 4.09. The first-order chi connectivity index (χ1) is 68.2. The largest absolute Gasteiger partial charge is 0.495 e. The highest BCUT2D eigenvalue weighted by molar-refractivity contribution is 8.28. The average molecular weight is 2160 g/mol. The van der Waals surface area contributed by atoms with Crippen LogP contribution in [0, 0.1) is 0 Å². The topological polar surface area (TPSA) is 549 Å². The standard InChI is InChI=1S/C30H30N3O12S3.C30H29N3O12S3.C29H29N4O12S3/c1-29(2)23-18(14-9-8-12-32(45-7)24(14)33(29)17(36)13-31-15(34)10-11-16(31)35)30(19(25(37)41-3)20(46-23)26(38)42-4)47-21(27(39)43-5)22(48-30)28(40)44-6;1-29(2)23-17(13-9-8-10-14(41-3)19(13)33(29)16(35)12-32-15(34)11-31-28(32)40)30(18(24(36)42-4)20(46-23)25(37)43-5)47-21(26(38)44-6)22(48-30)27(39)45-7;1-28(2)22-17(13-10-30-12-32(45-7)23(13)33(28)16(36)11-31-14(34)8-9-15(31)35)29(18(24(37)41-3)19(46-22)25(38)42-4)47-20(26(39)43-5)21(48-29)27(40)44-6/h8-9,12H,10-11,13H2,1-7H3;8-10H,11-12H2,1-7H3,(H,31,40);10,12H,8-9,11H2,1-7H3/q+1;;+1. The summed E-state index contributed by atoms with van der Waals surface area (Å²) in [7, 11) is 17.5. The molecule has 14 heterocycles. The summed E-state index contributed by atoms with van der Waals surface area (Å²) in [6, 6.07) is 7.39. The third-order valence-electron chi connectivity index (χ3n) is 23.6. The van der Waals surface area contributed by atoms with E-state index in [1.165, 1.54) is 64.2 Å². The van der Waals surface area contributed by atoms with Crippen molar-refractivity contribution in [2.24, 2.45) is 0 Å². The Morgan fingerprint density at radius 2 is 0.639 bits per heavy atom. The number of nitrogens with zero attached hydrogens (tertiary/aromatic N) is 9.